The Labute approximate surface area is 169 Å². The first-order valence-corrected chi connectivity index (χ1v) is 9.99. The molecule has 3 rings (SSSR count). The van der Waals surface area contributed by atoms with Gasteiger partial charge in [-0.15, -0.1) is 5.10 Å². The molecule has 0 aliphatic heterocycles. The second-order valence-corrected chi connectivity index (χ2v) is 7.90. The van der Waals surface area contributed by atoms with Gasteiger partial charge in [-0.3, -0.25) is 5.10 Å². The molecular formula is C19H19BrN4O2S. The molecule has 140 valence electrons. The van der Waals surface area contributed by atoms with Crippen molar-refractivity contribution in [2.45, 2.75) is 32.3 Å². The van der Waals surface area contributed by atoms with Crippen LogP contribution in [0.3, 0.4) is 0 Å². The van der Waals surface area contributed by atoms with Crippen molar-refractivity contribution in [1.82, 2.24) is 19.7 Å². The number of aryl methyl sites for hydroxylation is 2. The number of hydrogen-bond acceptors (Lipinski definition) is 4. The van der Waals surface area contributed by atoms with E-state index < -0.39 is 5.97 Å². The van der Waals surface area contributed by atoms with E-state index in [1.165, 1.54) is 0 Å². The van der Waals surface area contributed by atoms with Crippen LogP contribution in [0.25, 0.3) is 11.8 Å². The quantitative estimate of drug-likeness (QED) is 0.421. The third-order valence-corrected chi connectivity index (χ3v) is 5.51. The number of nitrogens with zero attached hydrogens (tertiary/aromatic N) is 3. The molecule has 2 heterocycles. The number of thioether (sulfide) groups is 1. The van der Waals surface area contributed by atoms with Gasteiger partial charge in [0.1, 0.15) is 10.7 Å². The summed E-state index contributed by atoms with van der Waals surface area (Å²) in [6, 6.07) is 9.98. The van der Waals surface area contributed by atoms with Crippen molar-refractivity contribution in [3.8, 4) is 5.69 Å². The average Bonchev–Trinajstić information content (AvgIpc) is 3.20. The fraction of sp³-hybridized carbons (Fsp3) is 0.211. The molecule has 0 fully saturated rings. The Morgan fingerprint density at radius 1 is 1.33 bits per heavy atom. The molecule has 0 aliphatic rings. The molecule has 0 aliphatic carbocycles. The molecule has 0 amide bonds. The van der Waals surface area contributed by atoms with Crippen molar-refractivity contribution in [2.24, 2.45) is 0 Å². The lowest BCUT2D eigenvalue weighted by Gasteiger charge is -2.09. The standard InChI is InChI=1S/C19H19BrN4O2S/c1-4-17-21-19(23-22-17)27-16(18(25)26)10-13-9-11(2)24(12(13)3)15-7-5-14(20)6-8-15/h5-10H,4H2,1-3H3,(H,25,26)(H,21,22,23)/b16-10-. The first-order valence-electron chi connectivity index (χ1n) is 8.38. The molecule has 0 saturated carbocycles. The van der Waals surface area contributed by atoms with Gasteiger partial charge in [0.05, 0.1) is 0 Å². The van der Waals surface area contributed by atoms with Crippen LogP contribution in [-0.2, 0) is 11.2 Å². The first-order chi connectivity index (χ1) is 12.9. The highest BCUT2D eigenvalue weighted by Gasteiger charge is 2.16. The minimum atomic E-state index is -1.00. The zero-order chi connectivity index (χ0) is 19.6. The molecule has 0 spiro atoms. The first kappa shape index (κ1) is 19.4. The molecule has 0 unspecified atom stereocenters. The maximum absolute atomic E-state index is 11.7. The highest BCUT2D eigenvalue weighted by atomic mass is 79.9. The molecular weight excluding hydrogens is 428 g/mol. The van der Waals surface area contributed by atoms with Crippen molar-refractivity contribution in [2.75, 3.05) is 0 Å². The molecule has 27 heavy (non-hydrogen) atoms. The topological polar surface area (TPSA) is 83.8 Å². The SMILES string of the molecule is CCc1nc(S/C(=C\c2cc(C)n(-c3ccc(Br)cc3)c2C)C(=O)O)n[nH]1. The number of nitrogens with one attached hydrogen (secondary N) is 1. The molecule has 6 nitrogen and oxygen atoms in total. The van der Waals surface area contributed by atoms with Gasteiger partial charge in [-0.05, 0) is 67.6 Å². The fourth-order valence-electron chi connectivity index (χ4n) is 2.78. The molecule has 3 aromatic rings. The van der Waals surface area contributed by atoms with E-state index in [1.54, 1.807) is 6.08 Å². The Morgan fingerprint density at radius 3 is 2.63 bits per heavy atom. The monoisotopic (exact) mass is 446 g/mol. The summed E-state index contributed by atoms with van der Waals surface area (Å²) in [6.45, 7) is 5.94. The minimum Gasteiger partial charge on any atom is -0.477 e. The Morgan fingerprint density at radius 2 is 2.04 bits per heavy atom. The van der Waals surface area contributed by atoms with Gasteiger partial charge in [0.2, 0.25) is 5.16 Å². The summed E-state index contributed by atoms with van der Waals surface area (Å²) in [5.41, 5.74) is 3.88. The van der Waals surface area contributed by atoms with Gasteiger partial charge < -0.3 is 9.67 Å². The Balaban J connectivity index is 1.97. The highest BCUT2D eigenvalue weighted by Crippen LogP contribution is 2.29. The van der Waals surface area contributed by atoms with Crippen LogP contribution < -0.4 is 0 Å². The predicted octanol–water partition coefficient (Wildman–Crippen LogP) is 4.75. The third kappa shape index (κ3) is 4.33. The summed E-state index contributed by atoms with van der Waals surface area (Å²) in [5, 5.41) is 16.9. The van der Waals surface area contributed by atoms with Crippen molar-refractivity contribution >= 4 is 39.7 Å². The zero-order valence-corrected chi connectivity index (χ0v) is 17.6. The van der Waals surface area contributed by atoms with Gasteiger partial charge in [0.25, 0.3) is 0 Å². The van der Waals surface area contributed by atoms with Crippen LogP contribution in [0.1, 0.15) is 29.7 Å². The molecule has 0 radical (unpaired) electrons. The summed E-state index contributed by atoms with van der Waals surface area (Å²) in [7, 11) is 0. The van der Waals surface area contributed by atoms with Crippen LogP contribution in [0.15, 0.2) is 44.9 Å². The van der Waals surface area contributed by atoms with E-state index in [1.807, 2.05) is 51.1 Å². The number of carboxylic acid groups (broad SMARTS) is 1. The van der Waals surface area contributed by atoms with E-state index in [-0.39, 0.29) is 4.91 Å². The van der Waals surface area contributed by atoms with Crippen LogP contribution in [-0.4, -0.2) is 30.8 Å². The number of aliphatic carboxylic acids is 1. The minimum absolute atomic E-state index is 0.174. The Kier molecular flexibility index (Phi) is 5.86. The molecule has 2 N–H and O–H groups in total. The zero-order valence-electron chi connectivity index (χ0n) is 15.2. The van der Waals surface area contributed by atoms with E-state index >= 15 is 0 Å². The third-order valence-electron chi connectivity index (χ3n) is 4.10. The summed E-state index contributed by atoms with van der Waals surface area (Å²) in [4.78, 5) is 16.2. The lowest BCUT2D eigenvalue weighted by Crippen LogP contribution is -2.00. The molecule has 0 bridgehead atoms. The number of carboxylic acids is 1. The van der Waals surface area contributed by atoms with Crippen LogP contribution in [0.5, 0.6) is 0 Å². The molecule has 1 aromatic carbocycles. The van der Waals surface area contributed by atoms with Crippen molar-refractivity contribution in [3.05, 3.63) is 62.5 Å². The lowest BCUT2D eigenvalue weighted by molar-refractivity contribution is -0.131. The average molecular weight is 447 g/mol. The number of halogens is 1. The van der Waals surface area contributed by atoms with Gasteiger partial charge in [0.15, 0.2) is 0 Å². The van der Waals surface area contributed by atoms with Crippen LogP contribution in [0, 0.1) is 13.8 Å². The second kappa shape index (κ2) is 8.14. The molecule has 0 atom stereocenters. The van der Waals surface area contributed by atoms with Gasteiger partial charge in [0, 0.05) is 28.0 Å². The fourth-order valence-corrected chi connectivity index (χ4v) is 3.76. The normalized spacial score (nSPS) is 11.8. The second-order valence-electron chi connectivity index (χ2n) is 5.97. The van der Waals surface area contributed by atoms with Gasteiger partial charge >= 0.3 is 5.97 Å². The summed E-state index contributed by atoms with van der Waals surface area (Å²) < 4.78 is 3.11. The van der Waals surface area contributed by atoms with E-state index in [9.17, 15) is 9.90 Å². The highest BCUT2D eigenvalue weighted by molar-refractivity contribution is 9.10. The smallest absolute Gasteiger partial charge is 0.342 e. The van der Waals surface area contributed by atoms with Gasteiger partial charge in [-0.1, -0.05) is 22.9 Å². The summed E-state index contributed by atoms with van der Waals surface area (Å²) >= 11 is 4.49. The summed E-state index contributed by atoms with van der Waals surface area (Å²) in [6.07, 6.45) is 2.39. The largest absolute Gasteiger partial charge is 0.477 e. The number of aromatic amines is 1. The summed E-state index contributed by atoms with van der Waals surface area (Å²) in [5.74, 6) is -0.271. The van der Waals surface area contributed by atoms with Crippen LogP contribution in [0.4, 0.5) is 0 Å². The maximum Gasteiger partial charge on any atom is 0.342 e. The van der Waals surface area contributed by atoms with E-state index in [0.29, 0.717) is 11.6 Å². The molecule has 8 heteroatoms. The van der Waals surface area contributed by atoms with Crippen LogP contribution >= 0.6 is 27.7 Å². The van der Waals surface area contributed by atoms with E-state index in [0.717, 1.165) is 44.7 Å². The van der Waals surface area contributed by atoms with E-state index in [2.05, 4.69) is 35.7 Å². The van der Waals surface area contributed by atoms with Crippen LogP contribution in [0.2, 0.25) is 0 Å². The number of hydrogen-bond donors (Lipinski definition) is 2. The predicted molar refractivity (Wildman–Crippen MR) is 110 cm³/mol. The Hall–Kier alpha value is -2.32. The van der Waals surface area contributed by atoms with Gasteiger partial charge in [-0.25, -0.2) is 9.78 Å². The number of rotatable bonds is 6. The van der Waals surface area contributed by atoms with E-state index in [4.69, 9.17) is 0 Å². The molecule has 0 saturated heterocycles. The molecule has 2 aromatic heterocycles. The van der Waals surface area contributed by atoms with Gasteiger partial charge in [-0.2, -0.15) is 0 Å². The number of benzene rings is 1. The van der Waals surface area contributed by atoms with Crippen molar-refractivity contribution < 1.29 is 9.90 Å². The lowest BCUT2D eigenvalue weighted by atomic mass is 10.2. The van der Waals surface area contributed by atoms with Crippen molar-refractivity contribution in [3.63, 3.8) is 0 Å². The number of H-pyrrole nitrogens is 1. The maximum atomic E-state index is 11.7. The van der Waals surface area contributed by atoms with Crippen molar-refractivity contribution in [1.29, 1.82) is 0 Å². The number of aromatic nitrogens is 4. The Bertz CT molecular complexity index is 1010. The number of carbonyl (C=O) groups is 1.